The number of carbonyl (C=O) groups excluding carboxylic acids is 5. The van der Waals surface area contributed by atoms with Crippen molar-refractivity contribution in [3.8, 4) is 0 Å². The van der Waals surface area contributed by atoms with Gasteiger partial charge < -0.3 is 14.8 Å². The Kier molecular flexibility index (Phi) is 4.84. The largest absolute Gasteiger partial charge is 0.454 e. The second-order valence-electron chi connectivity index (χ2n) is 6.76. The number of imide groups is 2. The fourth-order valence-electron chi connectivity index (χ4n) is 3.65. The van der Waals surface area contributed by atoms with Crippen molar-refractivity contribution in [2.45, 2.75) is 38.1 Å². The number of nitrogens with one attached hydrogen (secondary N) is 1. The Morgan fingerprint density at radius 2 is 2.08 bits per heavy atom. The zero-order chi connectivity index (χ0) is 18.9. The fourth-order valence-corrected chi connectivity index (χ4v) is 3.65. The van der Waals surface area contributed by atoms with E-state index in [9.17, 15) is 24.0 Å². The Labute approximate surface area is 149 Å². The first-order valence-electron chi connectivity index (χ1n) is 8.62. The molecule has 2 atom stereocenters. The summed E-state index contributed by atoms with van der Waals surface area (Å²) in [5.74, 6) is -2.05. The number of hydrogen-bond acceptors (Lipinski definition) is 7. The van der Waals surface area contributed by atoms with E-state index in [-0.39, 0.29) is 19.1 Å². The van der Waals surface area contributed by atoms with E-state index in [4.69, 9.17) is 4.74 Å². The molecule has 3 rings (SSSR count). The number of carbonyl (C=O) groups is 5. The zero-order valence-corrected chi connectivity index (χ0v) is 14.5. The van der Waals surface area contributed by atoms with Crippen LogP contribution in [0.1, 0.15) is 32.6 Å². The Morgan fingerprint density at radius 3 is 2.73 bits per heavy atom. The van der Waals surface area contributed by atoms with Gasteiger partial charge in [0.2, 0.25) is 0 Å². The lowest BCUT2D eigenvalue weighted by molar-refractivity contribution is -0.153. The fraction of sp³-hybridized carbons (Fsp3) is 0.688. The summed E-state index contributed by atoms with van der Waals surface area (Å²) in [6, 6.07) is -0.629. The molecule has 10 nitrogen and oxygen atoms in total. The first-order valence-corrected chi connectivity index (χ1v) is 8.62. The van der Waals surface area contributed by atoms with Gasteiger partial charge in [-0.25, -0.2) is 14.5 Å². The summed E-state index contributed by atoms with van der Waals surface area (Å²) < 4.78 is 9.44. The molecular formula is C16H21N3O7. The van der Waals surface area contributed by atoms with Crippen molar-refractivity contribution in [1.82, 2.24) is 15.1 Å². The van der Waals surface area contributed by atoms with Crippen LogP contribution in [0.4, 0.5) is 9.59 Å². The van der Waals surface area contributed by atoms with Gasteiger partial charge in [-0.15, -0.1) is 0 Å². The number of ether oxygens (including phenoxy) is 2. The maximum atomic E-state index is 12.7. The predicted octanol–water partition coefficient (Wildman–Crippen LogP) is 0.00910. The predicted molar refractivity (Wildman–Crippen MR) is 84.6 cm³/mol. The number of amides is 5. The third-order valence-corrected chi connectivity index (χ3v) is 5.21. The molecular weight excluding hydrogens is 346 g/mol. The van der Waals surface area contributed by atoms with E-state index in [1.807, 2.05) is 6.92 Å². The number of urea groups is 1. The molecule has 1 aliphatic carbocycles. The van der Waals surface area contributed by atoms with E-state index in [0.717, 1.165) is 29.1 Å². The Morgan fingerprint density at radius 1 is 1.31 bits per heavy atom. The first kappa shape index (κ1) is 18.2. The van der Waals surface area contributed by atoms with Crippen molar-refractivity contribution in [3.05, 3.63) is 0 Å². The summed E-state index contributed by atoms with van der Waals surface area (Å²) in [7, 11) is 0. The number of rotatable bonds is 4. The van der Waals surface area contributed by atoms with Crippen LogP contribution >= 0.6 is 0 Å². The van der Waals surface area contributed by atoms with Crippen LogP contribution in [0.2, 0.25) is 0 Å². The molecule has 2 aliphatic heterocycles. The highest BCUT2D eigenvalue weighted by Gasteiger charge is 2.55. The van der Waals surface area contributed by atoms with E-state index in [2.05, 4.69) is 10.1 Å². The molecule has 10 heteroatoms. The van der Waals surface area contributed by atoms with Crippen LogP contribution in [0, 0.1) is 5.92 Å². The lowest BCUT2D eigenvalue weighted by Gasteiger charge is -2.36. The molecule has 0 aromatic heterocycles. The van der Waals surface area contributed by atoms with E-state index < -0.39 is 48.6 Å². The third-order valence-electron chi connectivity index (χ3n) is 5.21. The lowest BCUT2D eigenvalue weighted by Crippen LogP contribution is -2.54. The molecule has 142 valence electrons. The maximum absolute atomic E-state index is 12.7. The molecule has 1 N–H and O–H groups in total. The number of nitrogens with zero attached hydrogens (tertiary/aromatic N) is 2. The molecule has 0 aromatic rings. The minimum absolute atomic E-state index is 0.0172. The van der Waals surface area contributed by atoms with Gasteiger partial charge in [0.25, 0.3) is 11.8 Å². The summed E-state index contributed by atoms with van der Waals surface area (Å²) in [6.45, 7) is 0.882. The zero-order valence-electron chi connectivity index (χ0n) is 14.5. The van der Waals surface area contributed by atoms with E-state index >= 15 is 0 Å². The normalized spacial score (nSPS) is 28.3. The van der Waals surface area contributed by atoms with Crippen LogP contribution in [-0.4, -0.2) is 71.6 Å². The van der Waals surface area contributed by atoms with Gasteiger partial charge in [-0.05, 0) is 18.8 Å². The van der Waals surface area contributed by atoms with Crippen molar-refractivity contribution in [3.63, 3.8) is 0 Å². The van der Waals surface area contributed by atoms with Crippen LogP contribution in [0.3, 0.4) is 0 Å². The highest BCUT2D eigenvalue weighted by atomic mass is 16.6. The minimum Gasteiger partial charge on any atom is -0.454 e. The number of esters is 1. The molecule has 2 saturated heterocycles. The topological polar surface area (TPSA) is 122 Å². The van der Waals surface area contributed by atoms with Gasteiger partial charge >= 0.3 is 18.1 Å². The van der Waals surface area contributed by atoms with Crippen molar-refractivity contribution in [1.29, 1.82) is 0 Å². The molecule has 3 aliphatic rings. The molecule has 2 heterocycles. The smallest absolute Gasteiger partial charge is 0.416 e. The lowest BCUT2D eigenvalue weighted by atomic mass is 9.73. The summed E-state index contributed by atoms with van der Waals surface area (Å²) >= 11 is 0. The first-order chi connectivity index (χ1) is 12.3. The highest BCUT2D eigenvalue weighted by molar-refractivity contribution is 6.09. The molecule has 1 spiro atoms. The monoisotopic (exact) mass is 367 g/mol. The molecule has 0 aromatic carbocycles. The molecule has 5 amide bonds. The van der Waals surface area contributed by atoms with Crippen molar-refractivity contribution < 1.29 is 33.4 Å². The second kappa shape index (κ2) is 6.93. The highest BCUT2D eigenvalue weighted by Crippen LogP contribution is 2.38. The van der Waals surface area contributed by atoms with Gasteiger partial charge in [-0.1, -0.05) is 19.8 Å². The molecule has 3 fully saturated rings. The van der Waals surface area contributed by atoms with E-state index in [1.54, 1.807) is 0 Å². The van der Waals surface area contributed by atoms with Gasteiger partial charge in [-0.2, -0.15) is 0 Å². The summed E-state index contributed by atoms with van der Waals surface area (Å²) in [5, 5.41) is 2.73. The molecule has 0 unspecified atom stereocenters. The van der Waals surface area contributed by atoms with Gasteiger partial charge in [0.15, 0.2) is 6.61 Å². The minimum atomic E-state index is -0.954. The SMILES string of the molecule is C[C@@H]1CCCC[C@@]12NC(=O)N(CC(=O)OCC(=O)N1CCOC1=O)C2=O. The maximum Gasteiger partial charge on any atom is 0.416 e. The summed E-state index contributed by atoms with van der Waals surface area (Å²) in [6.07, 6.45) is 2.41. The third kappa shape index (κ3) is 3.11. The van der Waals surface area contributed by atoms with Crippen LogP contribution in [0.15, 0.2) is 0 Å². The van der Waals surface area contributed by atoms with Crippen LogP contribution in [-0.2, 0) is 23.9 Å². The van der Waals surface area contributed by atoms with Crippen molar-refractivity contribution >= 4 is 29.9 Å². The van der Waals surface area contributed by atoms with E-state index in [1.165, 1.54) is 0 Å². The quantitative estimate of drug-likeness (QED) is 0.548. The standard InChI is InChI=1S/C16H21N3O7/c1-10-4-2-3-5-16(10)13(22)19(14(23)17-16)8-12(21)26-9-11(20)18-6-7-25-15(18)24/h10H,2-9H2,1H3,(H,17,23)/t10-,16-/m1/s1. The Hall–Kier alpha value is -2.65. The van der Waals surface area contributed by atoms with Crippen LogP contribution in [0.5, 0.6) is 0 Å². The number of hydrogen-bond donors (Lipinski definition) is 1. The number of cyclic esters (lactones) is 1. The summed E-state index contributed by atoms with van der Waals surface area (Å²) in [5.41, 5.74) is -0.954. The van der Waals surface area contributed by atoms with Gasteiger partial charge in [0, 0.05) is 0 Å². The van der Waals surface area contributed by atoms with Gasteiger partial charge in [-0.3, -0.25) is 19.3 Å². The van der Waals surface area contributed by atoms with E-state index in [0.29, 0.717) is 6.42 Å². The Bertz CT molecular complexity index is 664. The average molecular weight is 367 g/mol. The van der Waals surface area contributed by atoms with Crippen LogP contribution in [0.25, 0.3) is 0 Å². The van der Waals surface area contributed by atoms with Gasteiger partial charge in [0.1, 0.15) is 18.7 Å². The van der Waals surface area contributed by atoms with Gasteiger partial charge in [0.05, 0.1) is 6.54 Å². The van der Waals surface area contributed by atoms with Crippen molar-refractivity contribution in [2.75, 3.05) is 26.3 Å². The van der Waals surface area contributed by atoms with Crippen LogP contribution < -0.4 is 5.32 Å². The molecule has 1 saturated carbocycles. The summed E-state index contributed by atoms with van der Waals surface area (Å²) in [4.78, 5) is 61.6. The Balaban J connectivity index is 1.55. The molecule has 0 bridgehead atoms. The molecule has 0 radical (unpaired) electrons. The van der Waals surface area contributed by atoms with Crippen molar-refractivity contribution in [2.24, 2.45) is 5.92 Å². The second-order valence-corrected chi connectivity index (χ2v) is 6.76. The molecule has 26 heavy (non-hydrogen) atoms. The average Bonchev–Trinajstić information content (AvgIpc) is 3.13.